The van der Waals surface area contributed by atoms with E-state index in [0.29, 0.717) is 5.56 Å². The second kappa shape index (κ2) is 6.20. The number of hydrogen-bond donors (Lipinski definition) is 1. The minimum atomic E-state index is 0.693. The van der Waals surface area contributed by atoms with Crippen molar-refractivity contribution in [3.63, 3.8) is 0 Å². The Kier molecular flexibility index (Phi) is 4.35. The highest BCUT2D eigenvalue weighted by atomic mass is 32.2. The van der Waals surface area contributed by atoms with Crippen molar-refractivity contribution in [1.82, 2.24) is 10.3 Å². The van der Waals surface area contributed by atoms with E-state index in [9.17, 15) is 5.26 Å². The van der Waals surface area contributed by atoms with Crippen molar-refractivity contribution in [3.05, 3.63) is 53.7 Å². The van der Waals surface area contributed by atoms with E-state index < -0.39 is 0 Å². The van der Waals surface area contributed by atoms with Crippen LogP contribution in [0.2, 0.25) is 0 Å². The van der Waals surface area contributed by atoms with Gasteiger partial charge in [-0.05, 0) is 36.9 Å². The normalized spacial score (nSPS) is 10.0. The van der Waals surface area contributed by atoms with Crippen LogP contribution in [-0.4, -0.2) is 12.0 Å². The minimum absolute atomic E-state index is 0.693. The fourth-order valence-electron chi connectivity index (χ4n) is 1.59. The van der Waals surface area contributed by atoms with Gasteiger partial charge in [0.1, 0.15) is 11.1 Å². The first-order valence-corrected chi connectivity index (χ1v) is 6.41. The Morgan fingerprint density at radius 3 is 2.89 bits per heavy atom. The summed E-state index contributed by atoms with van der Waals surface area (Å²) in [4.78, 5) is 5.19. The van der Waals surface area contributed by atoms with E-state index in [4.69, 9.17) is 0 Å². The summed E-state index contributed by atoms with van der Waals surface area (Å²) in [6, 6.07) is 13.9. The van der Waals surface area contributed by atoms with Crippen LogP contribution in [0.1, 0.15) is 11.1 Å². The summed E-state index contributed by atoms with van der Waals surface area (Å²) in [6.45, 7) is 0.767. The fourth-order valence-corrected chi connectivity index (χ4v) is 2.42. The number of nitrogens with one attached hydrogen (secondary N) is 1. The molecule has 0 fully saturated rings. The molecule has 0 atom stereocenters. The van der Waals surface area contributed by atoms with Gasteiger partial charge in [0, 0.05) is 17.6 Å². The van der Waals surface area contributed by atoms with E-state index in [0.717, 1.165) is 22.0 Å². The van der Waals surface area contributed by atoms with Crippen LogP contribution >= 0.6 is 11.8 Å². The summed E-state index contributed by atoms with van der Waals surface area (Å²) < 4.78 is 0. The topological polar surface area (TPSA) is 48.7 Å². The van der Waals surface area contributed by atoms with Gasteiger partial charge in [-0.3, -0.25) is 0 Å². The molecule has 18 heavy (non-hydrogen) atoms. The maximum Gasteiger partial charge on any atom is 0.101 e. The lowest BCUT2D eigenvalue weighted by atomic mass is 10.1. The molecule has 0 radical (unpaired) electrons. The van der Waals surface area contributed by atoms with Crippen LogP contribution in [-0.2, 0) is 6.54 Å². The third-order valence-electron chi connectivity index (χ3n) is 2.40. The van der Waals surface area contributed by atoms with Gasteiger partial charge < -0.3 is 5.32 Å². The van der Waals surface area contributed by atoms with Crippen molar-refractivity contribution in [2.75, 3.05) is 7.05 Å². The second-order valence-corrected chi connectivity index (χ2v) is 4.80. The van der Waals surface area contributed by atoms with Gasteiger partial charge in [-0.2, -0.15) is 5.26 Å². The Morgan fingerprint density at radius 2 is 2.22 bits per heavy atom. The van der Waals surface area contributed by atoms with E-state index in [1.807, 2.05) is 43.4 Å². The van der Waals surface area contributed by atoms with Crippen molar-refractivity contribution >= 4 is 11.8 Å². The Hall–Kier alpha value is -1.83. The zero-order valence-electron chi connectivity index (χ0n) is 10.1. The lowest BCUT2D eigenvalue weighted by molar-refractivity contribution is 0.816. The summed E-state index contributed by atoms with van der Waals surface area (Å²) in [7, 11) is 1.89. The molecule has 0 saturated heterocycles. The van der Waals surface area contributed by atoms with Crippen LogP contribution in [0.25, 0.3) is 0 Å². The first-order valence-electron chi connectivity index (χ1n) is 5.60. The monoisotopic (exact) mass is 255 g/mol. The molecule has 90 valence electrons. The highest BCUT2D eigenvalue weighted by Crippen LogP contribution is 2.29. The lowest BCUT2D eigenvalue weighted by Crippen LogP contribution is -2.05. The van der Waals surface area contributed by atoms with Gasteiger partial charge in [0.15, 0.2) is 0 Å². The van der Waals surface area contributed by atoms with Crippen molar-refractivity contribution in [3.8, 4) is 6.07 Å². The minimum Gasteiger partial charge on any atom is -0.316 e. The van der Waals surface area contributed by atoms with Gasteiger partial charge >= 0.3 is 0 Å². The van der Waals surface area contributed by atoms with E-state index >= 15 is 0 Å². The molecular weight excluding hydrogens is 242 g/mol. The van der Waals surface area contributed by atoms with Gasteiger partial charge in [-0.25, -0.2) is 4.98 Å². The molecule has 1 heterocycles. The molecule has 0 bridgehead atoms. The van der Waals surface area contributed by atoms with Gasteiger partial charge in [0.2, 0.25) is 0 Å². The van der Waals surface area contributed by atoms with Crippen LogP contribution in [0.3, 0.4) is 0 Å². The number of aromatic nitrogens is 1. The second-order valence-electron chi connectivity index (χ2n) is 3.74. The summed E-state index contributed by atoms with van der Waals surface area (Å²) in [5.74, 6) is 0. The maximum atomic E-state index is 9.18. The van der Waals surface area contributed by atoms with Crippen LogP contribution in [0.5, 0.6) is 0 Å². The predicted octanol–water partition coefficient (Wildman–Crippen LogP) is 2.82. The third-order valence-corrected chi connectivity index (χ3v) is 3.42. The van der Waals surface area contributed by atoms with Crippen LogP contribution in [0.15, 0.2) is 52.5 Å². The number of benzene rings is 1. The summed E-state index contributed by atoms with van der Waals surface area (Å²) >= 11 is 1.51. The smallest absolute Gasteiger partial charge is 0.101 e. The Labute approximate surface area is 111 Å². The average Bonchev–Trinajstić information content (AvgIpc) is 2.42. The Balaban J connectivity index is 2.26. The molecule has 1 aromatic carbocycles. The molecular formula is C14H13N3S. The number of nitriles is 1. The quantitative estimate of drug-likeness (QED) is 0.912. The van der Waals surface area contributed by atoms with Gasteiger partial charge in [0.05, 0.1) is 5.56 Å². The van der Waals surface area contributed by atoms with Crippen molar-refractivity contribution in [2.24, 2.45) is 0 Å². The van der Waals surface area contributed by atoms with E-state index in [2.05, 4.69) is 16.4 Å². The molecule has 2 rings (SSSR count). The summed E-state index contributed by atoms with van der Waals surface area (Å²) in [5.41, 5.74) is 1.80. The number of hydrogen-bond acceptors (Lipinski definition) is 4. The molecule has 2 aromatic rings. The molecule has 1 N–H and O–H groups in total. The Morgan fingerprint density at radius 1 is 1.33 bits per heavy atom. The molecule has 0 saturated carbocycles. The highest BCUT2D eigenvalue weighted by molar-refractivity contribution is 7.99. The van der Waals surface area contributed by atoms with Crippen LogP contribution in [0, 0.1) is 11.3 Å². The molecule has 0 amide bonds. The average molecular weight is 255 g/mol. The predicted molar refractivity (Wildman–Crippen MR) is 72.3 cm³/mol. The van der Waals surface area contributed by atoms with E-state index in [-0.39, 0.29) is 0 Å². The number of nitrogens with zero attached hydrogens (tertiary/aromatic N) is 2. The van der Waals surface area contributed by atoms with Crippen molar-refractivity contribution in [1.29, 1.82) is 5.26 Å². The zero-order valence-corrected chi connectivity index (χ0v) is 10.9. The molecule has 3 nitrogen and oxygen atoms in total. The molecule has 0 aliphatic rings. The molecule has 0 unspecified atom stereocenters. The van der Waals surface area contributed by atoms with Crippen molar-refractivity contribution in [2.45, 2.75) is 16.5 Å². The lowest BCUT2D eigenvalue weighted by Gasteiger charge is -2.06. The standard InChI is InChI=1S/C14H13N3S/c1-16-10-11-5-6-13(12(8-11)9-15)18-14-4-2-3-7-17-14/h2-8,16H,10H2,1H3. The largest absolute Gasteiger partial charge is 0.316 e. The van der Waals surface area contributed by atoms with Crippen LogP contribution < -0.4 is 5.32 Å². The molecule has 0 aliphatic carbocycles. The van der Waals surface area contributed by atoms with Gasteiger partial charge in [-0.15, -0.1) is 0 Å². The van der Waals surface area contributed by atoms with Gasteiger partial charge in [-0.1, -0.05) is 23.9 Å². The van der Waals surface area contributed by atoms with Crippen molar-refractivity contribution < 1.29 is 0 Å². The molecule has 0 aliphatic heterocycles. The zero-order chi connectivity index (χ0) is 12.8. The summed E-state index contributed by atoms with van der Waals surface area (Å²) in [6.07, 6.45) is 1.75. The molecule has 0 spiro atoms. The molecule has 4 heteroatoms. The molecule has 1 aromatic heterocycles. The Bertz CT molecular complexity index is 561. The summed E-state index contributed by atoms with van der Waals surface area (Å²) in [5, 5.41) is 13.2. The van der Waals surface area contributed by atoms with Gasteiger partial charge in [0.25, 0.3) is 0 Å². The van der Waals surface area contributed by atoms with Crippen LogP contribution in [0.4, 0.5) is 0 Å². The number of pyridine rings is 1. The van der Waals surface area contributed by atoms with E-state index in [1.165, 1.54) is 11.8 Å². The fraction of sp³-hybridized carbons (Fsp3) is 0.143. The maximum absolute atomic E-state index is 9.18. The number of rotatable bonds is 4. The third kappa shape index (κ3) is 3.10. The van der Waals surface area contributed by atoms with E-state index in [1.54, 1.807) is 6.20 Å². The first kappa shape index (κ1) is 12.6. The SMILES string of the molecule is CNCc1ccc(Sc2ccccn2)c(C#N)c1. The first-order chi connectivity index (χ1) is 8.83. The highest BCUT2D eigenvalue weighted by Gasteiger charge is 2.06.